The second-order valence-corrected chi connectivity index (χ2v) is 6.71. The molecule has 0 saturated heterocycles. The van der Waals surface area contributed by atoms with E-state index in [-0.39, 0.29) is 17.4 Å². The molecule has 2 N–H and O–H groups in total. The molecule has 7 heteroatoms. The minimum atomic E-state index is -3.72. The van der Waals surface area contributed by atoms with E-state index in [9.17, 15) is 17.6 Å². The number of sulfonamides is 1. The molecular weight excluding hydrogens is 285 g/mol. The van der Waals surface area contributed by atoms with Gasteiger partial charge in [-0.1, -0.05) is 6.42 Å². The molecule has 1 fully saturated rings. The molecule has 110 valence electrons. The van der Waals surface area contributed by atoms with Crippen LogP contribution in [0.4, 0.5) is 4.39 Å². The van der Waals surface area contributed by atoms with Crippen molar-refractivity contribution in [3.05, 3.63) is 30.1 Å². The number of hydrogen-bond acceptors (Lipinski definition) is 3. The van der Waals surface area contributed by atoms with Gasteiger partial charge in [0.2, 0.25) is 10.0 Å². The topological polar surface area (TPSA) is 83.5 Å². The lowest BCUT2D eigenvalue weighted by atomic mass is 9.97. The summed E-state index contributed by atoms with van der Waals surface area (Å²) in [5.41, 5.74) is 0. The Bertz CT molecular complexity index is 585. The molecule has 1 saturated carbocycles. The van der Waals surface area contributed by atoms with Crippen molar-refractivity contribution in [2.24, 2.45) is 11.8 Å². The van der Waals surface area contributed by atoms with Gasteiger partial charge in [0.05, 0.1) is 10.8 Å². The Hall–Kier alpha value is -1.47. The van der Waals surface area contributed by atoms with Crippen molar-refractivity contribution in [3.63, 3.8) is 0 Å². The predicted molar refractivity (Wildman–Crippen MR) is 70.1 cm³/mol. The van der Waals surface area contributed by atoms with Crippen LogP contribution in [0.2, 0.25) is 0 Å². The first-order valence-corrected chi connectivity index (χ1v) is 7.86. The maximum Gasteiger partial charge on any atom is 0.306 e. The summed E-state index contributed by atoms with van der Waals surface area (Å²) in [4.78, 5) is 11.0. The molecule has 0 aliphatic heterocycles. The van der Waals surface area contributed by atoms with Crippen LogP contribution >= 0.6 is 0 Å². The fourth-order valence-electron chi connectivity index (χ4n) is 2.52. The second-order valence-electron chi connectivity index (χ2n) is 4.94. The Morgan fingerprint density at radius 2 is 1.95 bits per heavy atom. The summed E-state index contributed by atoms with van der Waals surface area (Å²) in [5.74, 6) is -2.08. The number of halogens is 1. The zero-order valence-corrected chi connectivity index (χ0v) is 11.6. The Morgan fingerprint density at radius 3 is 2.55 bits per heavy atom. The lowest BCUT2D eigenvalue weighted by molar-refractivity contribution is -0.142. The molecule has 20 heavy (non-hydrogen) atoms. The average molecular weight is 301 g/mol. The number of nitrogens with one attached hydrogen (secondary N) is 1. The van der Waals surface area contributed by atoms with Crippen molar-refractivity contribution < 1.29 is 22.7 Å². The van der Waals surface area contributed by atoms with E-state index >= 15 is 0 Å². The van der Waals surface area contributed by atoms with E-state index in [2.05, 4.69) is 4.72 Å². The van der Waals surface area contributed by atoms with E-state index in [1.165, 1.54) is 12.1 Å². The number of carbonyl (C=O) groups is 1. The Labute approximate surface area is 116 Å². The van der Waals surface area contributed by atoms with Crippen LogP contribution in [0.25, 0.3) is 0 Å². The molecule has 0 bridgehead atoms. The fourth-order valence-corrected chi connectivity index (χ4v) is 3.61. The van der Waals surface area contributed by atoms with Gasteiger partial charge in [0.1, 0.15) is 5.82 Å². The number of aliphatic carboxylic acids is 1. The average Bonchev–Trinajstić information content (AvgIpc) is 2.85. The summed E-state index contributed by atoms with van der Waals surface area (Å²) in [6, 6.07) is 4.51. The quantitative estimate of drug-likeness (QED) is 0.865. The first-order chi connectivity index (χ1) is 9.40. The van der Waals surface area contributed by atoms with E-state index < -0.39 is 27.7 Å². The van der Waals surface area contributed by atoms with Crippen LogP contribution < -0.4 is 4.72 Å². The van der Waals surface area contributed by atoms with E-state index in [1.54, 1.807) is 0 Å². The van der Waals surface area contributed by atoms with Crippen LogP contribution in [0.15, 0.2) is 29.2 Å². The molecule has 2 rings (SSSR count). The van der Waals surface area contributed by atoms with Crippen LogP contribution in [0.3, 0.4) is 0 Å². The van der Waals surface area contributed by atoms with Crippen LogP contribution in [-0.4, -0.2) is 26.0 Å². The fraction of sp³-hybridized carbons (Fsp3) is 0.462. The first-order valence-electron chi connectivity index (χ1n) is 6.38. The number of carboxylic acids is 1. The smallest absolute Gasteiger partial charge is 0.306 e. The standard InChI is InChI=1S/C13H16FNO4S/c14-10-4-6-11(7-5-10)20(18,19)15-8-9-2-1-3-12(9)13(16)17/h4-7,9,12,15H,1-3,8H2,(H,16,17). The molecule has 2 atom stereocenters. The van der Waals surface area contributed by atoms with Crippen LogP contribution in [0.1, 0.15) is 19.3 Å². The van der Waals surface area contributed by atoms with E-state index in [0.717, 1.165) is 18.6 Å². The zero-order chi connectivity index (χ0) is 14.8. The summed E-state index contributed by atoms with van der Waals surface area (Å²) in [7, 11) is -3.72. The molecule has 5 nitrogen and oxygen atoms in total. The highest BCUT2D eigenvalue weighted by Gasteiger charge is 2.33. The van der Waals surface area contributed by atoms with Gasteiger partial charge in [0.25, 0.3) is 0 Å². The maximum absolute atomic E-state index is 12.8. The van der Waals surface area contributed by atoms with Gasteiger partial charge in [-0.25, -0.2) is 17.5 Å². The highest BCUT2D eigenvalue weighted by atomic mass is 32.2. The molecule has 0 heterocycles. The first kappa shape index (κ1) is 14.9. The molecule has 0 amide bonds. The molecule has 0 radical (unpaired) electrons. The van der Waals surface area contributed by atoms with Gasteiger partial charge < -0.3 is 5.11 Å². The molecule has 1 aromatic rings. The van der Waals surface area contributed by atoms with Gasteiger partial charge in [-0.15, -0.1) is 0 Å². The Morgan fingerprint density at radius 1 is 1.30 bits per heavy atom. The molecule has 2 unspecified atom stereocenters. The SMILES string of the molecule is O=C(O)C1CCCC1CNS(=O)(=O)c1ccc(F)cc1. The maximum atomic E-state index is 12.8. The molecule has 1 aromatic carbocycles. The van der Waals surface area contributed by atoms with Crippen molar-refractivity contribution in [1.82, 2.24) is 4.72 Å². The largest absolute Gasteiger partial charge is 0.481 e. The predicted octanol–water partition coefficient (Wildman–Crippen LogP) is 1.60. The molecule has 0 spiro atoms. The lowest BCUT2D eigenvalue weighted by Gasteiger charge is -2.16. The lowest BCUT2D eigenvalue weighted by Crippen LogP contribution is -2.33. The summed E-state index contributed by atoms with van der Waals surface area (Å²) < 4.78 is 39.2. The van der Waals surface area contributed by atoms with Crippen LogP contribution in [-0.2, 0) is 14.8 Å². The summed E-state index contributed by atoms with van der Waals surface area (Å²) >= 11 is 0. The zero-order valence-electron chi connectivity index (χ0n) is 10.8. The third-order valence-corrected chi connectivity index (χ3v) is 5.08. The van der Waals surface area contributed by atoms with Crippen molar-refractivity contribution in [3.8, 4) is 0 Å². The summed E-state index contributed by atoms with van der Waals surface area (Å²) in [6.07, 6.45) is 2.07. The highest BCUT2D eigenvalue weighted by molar-refractivity contribution is 7.89. The minimum absolute atomic E-state index is 0.0243. The van der Waals surface area contributed by atoms with E-state index in [0.29, 0.717) is 12.8 Å². The van der Waals surface area contributed by atoms with Gasteiger partial charge >= 0.3 is 5.97 Å². The molecule has 1 aliphatic carbocycles. The van der Waals surface area contributed by atoms with Gasteiger partial charge in [-0.3, -0.25) is 4.79 Å². The number of benzene rings is 1. The third kappa shape index (κ3) is 3.34. The van der Waals surface area contributed by atoms with Crippen molar-refractivity contribution >= 4 is 16.0 Å². The normalized spacial score (nSPS) is 22.9. The van der Waals surface area contributed by atoms with Crippen LogP contribution in [0.5, 0.6) is 0 Å². The van der Waals surface area contributed by atoms with Gasteiger partial charge in [0, 0.05) is 6.54 Å². The van der Waals surface area contributed by atoms with Gasteiger partial charge in [-0.2, -0.15) is 0 Å². The number of carboxylic acid groups (broad SMARTS) is 1. The molecule has 1 aliphatic rings. The van der Waals surface area contributed by atoms with Crippen molar-refractivity contribution in [2.75, 3.05) is 6.54 Å². The monoisotopic (exact) mass is 301 g/mol. The van der Waals surface area contributed by atoms with E-state index in [1.807, 2.05) is 0 Å². The van der Waals surface area contributed by atoms with Gasteiger partial charge in [-0.05, 0) is 43.0 Å². The number of rotatable bonds is 5. The third-order valence-electron chi connectivity index (χ3n) is 3.64. The Kier molecular flexibility index (Phi) is 4.39. The number of hydrogen-bond donors (Lipinski definition) is 2. The van der Waals surface area contributed by atoms with E-state index in [4.69, 9.17) is 5.11 Å². The summed E-state index contributed by atoms with van der Waals surface area (Å²) in [5, 5.41) is 9.04. The van der Waals surface area contributed by atoms with Crippen molar-refractivity contribution in [1.29, 1.82) is 0 Å². The van der Waals surface area contributed by atoms with Gasteiger partial charge in [0.15, 0.2) is 0 Å². The van der Waals surface area contributed by atoms with Crippen molar-refractivity contribution in [2.45, 2.75) is 24.2 Å². The summed E-state index contributed by atoms with van der Waals surface area (Å²) in [6.45, 7) is 0.0939. The highest BCUT2D eigenvalue weighted by Crippen LogP contribution is 2.31. The van der Waals surface area contributed by atoms with Crippen LogP contribution in [0, 0.1) is 17.7 Å². The molecule has 0 aromatic heterocycles. The molecular formula is C13H16FNO4S. The second kappa shape index (κ2) is 5.88. The Balaban J connectivity index is 2.02. The minimum Gasteiger partial charge on any atom is -0.481 e.